The third-order valence-electron chi connectivity index (χ3n) is 6.78. The molecule has 10 heteroatoms. The smallest absolute Gasteiger partial charge is 0.427 e. The predicted octanol–water partition coefficient (Wildman–Crippen LogP) is 8.74. The molecule has 45 heavy (non-hydrogen) atoms. The fraction of sp³-hybridized carbons (Fsp3) is 0.0857. The summed E-state index contributed by atoms with van der Waals surface area (Å²) in [5, 5.41) is 0.642. The first-order valence-corrected chi connectivity index (χ1v) is 13.4. The molecule has 0 saturated heterocycles. The van der Waals surface area contributed by atoms with Crippen LogP contribution >= 0.6 is 0 Å². The second-order valence-electron chi connectivity index (χ2n) is 9.73. The standard InChI is InChI=1S/C35H24F4O6/c1-4-32(40)42-30-18-15-27(23-10-6-8-12-25(23)30)34(36,37)44-22-14-17-29(21(3)20-22)45-35(38,39)28-16-19-31(43-33(41)5-2)26-13-9-7-11-24(26)28/h4-20H,1-2H2,3H3. The molecular weight excluding hydrogens is 592 g/mol. The minimum Gasteiger partial charge on any atom is -0.429 e. The Hall–Kier alpha value is -5.64. The molecule has 6 nitrogen and oxygen atoms in total. The SMILES string of the molecule is C=CC(=O)Oc1ccc(C(F)(F)Oc2ccc(OC(F)(F)c3ccc(OC(=O)C=C)c4ccccc34)c(C)c2)c2ccccc12. The fourth-order valence-corrected chi connectivity index (χ4v) is 4.72. The monoisotopic (exact) mass is 616 g/mol. The Morgan fingerprint density at radius 3 is 1.47 bits per heavy atom. The number of rotatable bonds is 10. The highest BCUT2D eigenvalue weighted by Crippen LogP contribution is 2.42. The number of hydrogen-bond donors (Lipinski definition) is 0. The van der Waals surface area contributed by atoms with E-state index < -0.39 is 35.3 Å². The number of esters is 2. The number of benzene rings is 5. The first-order chi connectivity index (χ1) is 21.4. The lowest BCUT2D eigenvalue weighted by Gasteiger charge is -2.23. The second-order valence-corrected chi connectivity index (χ2v) is 9.73. The van der Waals surface area contributed by atoms with Gasteiger partial charge in [-0.1, -0.05) is 61.7 Å². The van der Waals surface area contributed by atoms with Gasteiger partial charge in [0.2, 0.25) is 0 Å². The second kappa shape index (κ2) is 12.2. The quantitative estimate of drug-likeness (QED) is 0.0677. The summed E-state index contributed by atoms with van der Waals surface area (Å²) in [5.41, 5.74) is -0.910. The van der Waals surface area contributed by atoms with Crippen molar-refractivity contribution in [1.29, 1.82) is 0 Å². The van der Waals surface area contributed by atoms with E-state index in [1.165, 1.54) is 43.3 Å². The first kappa shape index (κ1) is 30.8. The van der Waals surface area contributed by atoms with E-state index in [0.717, 1.165) is 42.5 Å². The number of fused-ring (bicyclic) bond motifs is 2. The number of aryl methyl sites for hydroxylation is 1. The molecule has 0 spiro atoms. The van der Waals surface area contributed by atoms with Gasteiger partial charge in [-0.3, -0.25) is 0 Å². The highest BCUT2D eigenvalue weighted by molar-refractivity contribution is 5.95. The summed E-state index contributed by atoms with van der Waals surface area (Å²) in [5.74, 6) is -1.96. The average Bonchev–Trinajstić information content (AvgIpc) is 3.02. The van der Waals surface area contributed by atoms with Crippen molar-refractivity contribution < 1.29 is 46.1 Å². The van der Waals surface area contributed by atoms with E-state index in [1.54, 1.807) is 24.3 Å². The van der Waals surface area contributed by atoms with Crippen molar-refractivity contribution in [2.24, 2.45) is 0 Å². The Morgan fingerprint density at radius 2 is 1.02 bits per heavy atom. The van der Waals surface area contributed by atoms with Gasteiger partial charge in [-0.15, -0.1) is 0 Å². The molecule has 0 bridgehead atoms. The molecule has 0 aliphatic heterocycles. The van der Waals surface area contributed by atoms with Crippen molar-refractivity contribution in [3.05, 3.63) is 133 Å². The van der Waals surface area contributed by atoms with Gasteiger partial charge < -0.3 is 18.9 Å². The number of carbonyl (C=O) groups is 2. The summed E-state index contributed by atoms with van der Waals surface area (Å²) in [6.07, 6.45) is -5.83. The number of ether oxygens (including phenoxy) is 4. The lowest BCUT2D eigenvalue weighted by Crippen LogP contribution is -2.24. The molecule has 0 atom stereocenters. The Labute approximate surface area is 254 Å². The molecule has 5 rings (SSSR count). The number of halogens is 4. The van der Waals surface area contributed by atoms with E-state index in [4.69, 9.17) is 18.9 Å². The molecule has 228 valence electrons. The normalized spacial score (nSPS) is 11.6. The third-order valence-corrected chi connectivity index (χ3v) is 6.78. The summed E-state index contributed by atoms with van der Waals surface area (Å²) >= 11 is 0. The van der Waals surface area contributed by atoms with E-state index >= 15 is 17.6 Å². The summed E-state index contributed by atoms with van der Waals surface area (Å²) in [6, 6.07) is 20.1. The number of alkyl halides is 4. The van der Waals surface area contributed by atoms with Crippen molar-refractivity contribution in [2.75, 3.05) is 0 Å². The van der Waals surface area contributed by atoms with Crippen LogP contribution in [-0.4, -0.2) is 11.9 Å². The molecule has 0 N–H and O–H groups in total. The summed E-state index contributed by atoms with van der Waals surface area (Å²) in [4.78, 5) is 23.4. The van der Waals surface area contributed by atoms with Crippen LogP contribution in [0.25, 0.3) is 21.5 Å². The maximum absolute atomic E-state index is 15.6. The van der Waals surface area contributed by atoms with E-state index in [9.17, 15) is 9.59 Å². The van der Waals surface area contributed by atoms with Crippen molar-refractivity contribution in [3.8, 4) is 23.0 Å². The molecule has 0 unspecified atom stereocenters. The summed E-state index contributed by atoms with van der Waals surface area (Å²) in [7, 11) is 0. The predicted molar refractivity (Wildman–Crippen MR) is 160 cm³/mol. The maximum Gasteiger partial charge on any atom is 0.427 e. The molecule has 0 aliphatic carbocycles. The van der Waals surface area contributed by atoms with Gasteiger partial charge in [-0.05, 0) is 65.7 Å². The minimum atomic E-state index is -3.87. The molecule has 0 aliphatic rings. The molecule has 0 radical (unpaired) electrons. The van der Waals surface area contributed by atoms with E-state index in [2.05, 4.69) is 13.2 Å². The van der Waals surface area contributed by atoms with Gasteiger partial charge in [-0.25, -0.2) is 9.59 Å². The number of carbonyl (C=O) groups excluding carboxylic acids is 2. The molecule has 0 aromatic heterocycles. The highest BCUT2D eigenvalue weighted by Gasteiger charge is 2.39. The zero-order valence-electron chi connectivity index (χ0n) is 23.7. The maximum atomic E-state index is 15.6. The molecule has 0 amide bonds. The van der Waals surface area contributed by atoms with Crippen molar-refractivity contribution >= 4 is 33.5 Å². The van der Waals surface area contributed by atoms with Crippen LogP contribution in [0, 0.1) is 6.92 Å². The van der Waals surface area contributed by atoms with E-state index in [1.807, 2.05) is 0 Å². The van der Waals surface area contributed by atoms with Gasteiger partial charge >= 0.3 is 24.2 Å². The van der Waals surface area contributed by atoms with Gasteiger partial charge in [0.1, 0.15) is 23.0 Å². The van der Waals surface area contributed by atoms with Crippen LogP contribution in [0.3, 0.4) is 0 Å². The van der Waals surface area contributed by atoms with E-state index in [0.29, 0.717) is 0 Å². The number of hydrogen-bond acceptors (Lipinski definition) is 6. The Balaban J connectivity index is 1.41. The van der Waals surface area contributed by atoms with Gasteiger partial charge in [0.25, 0.3) is 0 Å². The summed E-state index contributed by atoms with van der Waals surface area (Å²) < 4.78 is 82.6. The van der Waals surface area contributed by atoms with Crippen molar-refractivity contribution in [1.82, 2.24) is 0 Å². The zero-order valence-corrected chi connectivity index (χ0v) is 23.7. The van der Waals surface area contributed by atoms with Crippen LogP contribution < -0.4 is 18.9 Å². The van der Waals surface area contributed by atoms with Crippen LogP contribution in [0.1, 0.15) is 16.7 Å². The lowest BCUT2D eigenvalue weighted by atomic mass is 10.0. The molecule has 0 heterocycles. The van der Waals surface area contributed by atoms with Crippen LogP contribution in [0.2, 0.25) is 0 Å². The molecule has 5 aromatic carbocycles. The molecule has 0 fully saturated rings. The zero-order chi connectivity index (χ0) is 32.4. The Morgan fingerprint density at radius 1 is 0.600 bits per heavy atom. The Bertz CT molecular complexity index is 1970. The topological polar surface area (TPSA) is 71.1 Å². The summed E-state index contributed by atoms with van der Waals surface area (Å²) in [6.45, 7) is 8.07. The third kappa shape index (κ3) is 6.35. The van der Waals surface area contributed by atoms with Crippen LogP contribution in [0.15, 0.2) is 116 Å². The van der Waals surface area contributed by atoms with Crippen molar-refractivity contribution in [2.45, 2.75) is 19.1 Å². The average molecular weight is 617 g/mol. The molecule has 0 saturated carbocycles. The van der Waals surface area contributed by atoms with Gasteiger partial charge in [0.15, 0.2) is 0 Å². The lowest BCUT2D eigenvalue weighted by molar-refractivity contribution is -0.187. The van der Waals surface area contributed by atoms with Crippen molar-refractivity contribution in [3.63, 3.8) is 0 Å². The largest absolute Gasteiger partial charge is 0.429 e. The van der Waals surface area contributed by atoms with E-state index in [-0.39, 0.29) is 50.1 Å². The minimum absolute atomic E-state index is 0.0634. The van der Waals surface area contributed by atoms with Gasteiger partial charge in [0.05, 0.1) is 11.1 Å². The first-order valence-electron chi connectivity index (χ1n) is 13.4. The van der Waals surface area contributed by atoms with Crippen LogP contribution in [-0.2, 0) is 21.8 Å². The van der Waals surface area contributed by atoms with Gasteiger partial charge in [-0.2, -0.15) is 17.6 Å². The highest BCUT2D eigenvalue weighted by atomic mass is 19.3. The van der Waals surface area contributed by atoms with Crippen LogP contribution in [0.4, 0.5) is 17.6 Å². The molecular formula is C35H24F4O6. The molecule has 5 aromatic rings. The van der Waals surface area contributed by atoms with Crippen LogP contribution in [0.5, 0.6) is 23.0 Å². The van der Waals surface area contributed by atoms with Gasteiger partial charge in [0, 0.05) is 22.9 Å². The Kier molecular flexibility index (Phi) is 8.32. The fourth-order valence-electron chi connectivity index (χ4n) is 4.72.